The van der Waals surface area contributed by atoms with Crippen LogP contribution >= 0.6 is 0 Å². The summed E-state index contributed by atoms with van der Waals surface area (Å²) >= 11 is 0. The second kappa shape index (κ2) is 7.03. The molecule has 0 aliphatic heterocycles. The van der Waals surface area contributed by atoms with Crippen LogP contribution in [0, 0.1) is 0 Å². The van der Waals surface area contributed by atoms with E-state index in [4.69, 9.17) is 0 Å². The molecule has 0 spiro atoms. The van der Waals surface area contributed by atoms with Crippen molar-refractivity contribution in [1.29, 1.82) is 0 Å². The van der Waals surface area contributed by atoms with Gasteiger partial charge in [-0.05, 0) is 34.7 Å². The normalized spacial score (nSPS) is 12.7. The van der Waals surface area contributed by atoms with Crippen molar-refractivity contribution in [1.82, 2.24) is 15.2 Å². The predicted octanol–water partition coefficient (Wildman–Crippen LogP) is 3.80. The van der Waals surface area contributed by atoms with E-state index >= 15 is 0 Å². The fraction of sp³-hybridized carbons (Fsp3) is 0.273. The van der Waals surface area contributed by atoms with Gasteiger partial charge in [-0.15, -0.1) is 0 Å². The van der Waals surface area contributed by atoms with Crippen LogP contribution in [0.15, 0.2) is 49.1 Å². The average molecular weight is 375 g/mol. The maximum Gasteiger partial charge on any atom is 0.286 e. The minimum atomic E-state index is 0.0727. The first kappa shape index (κ1) is 18.1. The number of hydrogen-bond donors (Lipinski definition) is 2. The Morgan fingerprint density at radius 1 is 0.929 bits per heavy atom. The molecule has 0 radical (unpaired) electrons. The molecular formula is C22H23N4O2+. The standard InChI is InChI=1S/C22H22N4O2/c1-13(2)17-7-16-11-26(12-23-19(16)8-21(17)27)10-14(3)18-6-15-4-5-24-25-20(15)9-22(18)28/h4-9,11-14H,10H2,1-3H3,(H,25,28)/p+1. The summed E-state index contributed by atoms with van der Waals surface area (Å²) in [7, 11) is 0. The van der Waals surface area contributed by atoms with Gasteiger partial charge in [0.1, 0.15) is 17.7 Å². The Kier molecular flexibility index (Phi) is 4.55. The zero-order valence-electron chi connectivity index (χ0n) is 16.2. The van der Waals surface area contributed by atoms with E-state index < -0.39 is 0 Å². The molecule has 2 heterocycles. The molecule has 0 saturated carbocycles. The summed E-state index contributed by atoms with van der Waals surface area (Å²) in [6, 6.07) is 9.23. The number of aromatic nitrogens is 4. The van der Waals surface area contributed by atoms with Crippen molar-refractivity contribution < 1.29 is 14.8 Å². The molecule has 0 fully saturated rings. The van der Waals surface area contributed by atoms with Gasteiger partial charge in [0.15, 0.2) is 5.52 Å². The van der Waals surface area contributed by atoms with Crippen molar-refractivity contribution >= 4 is 21.8 Å². The molecule has 0 amide bonds. The largest absolute Gasteiger partial charge is 0.508 e. The van der Waals surface area contributed by atoms with E-state index in [0.717, 1.165) is 27.4 Å². The number of nitrogens with zero attached hydrogens (tertiary/aromatic N) is 4. The van der Waals surface area contributed by atoms with Gasteiger partial charge in [-0.3, -0.25) is 0 Å². The van der Waals surface area contributed by atoms with Gasteiger partial charge in [0.25, 0.3) is 6.33 Å². The van der Waals surface area contributed by atoms with Crippen LogP contribution in [-0.4, -0.2) is 25.4 Å². The second-order valence-corrected chi connectivity index (χ2v) is 7.60. The molecule has 1 atom stereocenters. The predicted molar refractivity (Wildman–Crippen MR) is 107 cm³/mol. The van der Waals surface area contributed by atoms with Crippen molar-refractivity contribution in [3.63, 3.8) is 0 Å². The van der Waals surface area contributed by atoms with Crippen LogP contribution in [0.4, 0.5) is 0 Å². The van der Waals surface area contributed by atoms with Crippen LogP contribution in [0.25, 0.3) is 21.8 Å². The summed E-state index contributed by atoms with van der Waals surface area (Å²) in [4.78, 5) is 4.48. The summed E-state index contributed by atoms with van der Waals surface area (Å²) in [5.41, 5.74) is 3.21. The van der Waals surface area contributed by atoms with Crippen molar-refractivity contribution in [3.8, 4) is 11.5 Å². The monoisotopic (exact) mass is 375 g/mol. The van der Waals surface area contributed by atoms with Gasteiger partial charge in [0.2, 0.25) is 0 Å². The Bertz CT molecular complexity index is 1170. The lowest BCUT2D eigenvalue weighted by Crippen LogP contribution is -2.36. The number of phenolic OH excluding ortho intramolecular Hbond substituents is 2. The lowest BCUT2D eigenvalue weighted by atomic mass is 9.98. The molecular weight excluding hydrogens is 352 g/mol. The first-order valence-corrected chi connectivity index (χ1v) is 9.38. The summed E-state index contributed by atoms with van der Waals surface area (Å²) in [6.45, 7) is 6.85. The molecule has 4 aromatic rings. The van der Waals surface area contributed by atoms with E-state index in [-0.39, 0.29) is 23.3 Å². The maximum atomic E-state index is 10.4. The molecule has 28 heavy (non-hydrogen) atoms. The number of benzene rings is 2. The third-order valence-electron chi connectivity index (χ3n) is 5.13. The highest BCUT2D eigenvalue weighted by Gasteiger charge is 2.17. The zero-order chi connectivity index (χ0) is 19.8. The zero-order valence-corrected chi connectivity index (χ0v) is 16.2. The highest BCUT2D eigenvalue weighted by atomic mass is 16.3. The second-order valence-electron chi connectivity index (χ2n) is 7.60. The van der Waals surface area contributed by atoms with E-state index in [1.165, 1.54) is 0 Å². The van der Waals surface area contributed by atoms with Crippen LogP contribution < -0.4 is 4.57 Å². The van der Waals surface area contributed by atoms with Crippen LogP contribution in [0.1, 0.15) is 43.7 Å². The van der Waals surface area contributed by atoms with E-state index in [1.807, 2.05) is 29.0 Å². The minimum absolute atomic E-state index is 0.0727. The van der Waals surface area contributed by atoms with Crippen LogP contribution in [0.3, 0.4) is 0 Å². The van der Waals surface area contributed by atoms with Crippen LogP contribution in [-0.2, 0) is 6.54 Å². The molecule has 1 unspecified atom stereocenters. The Balaban J connectivity index is 1.67. The van der Waals surface area contributed by atoms with Crippen molar-refractivity contribution in [3.05, 3.63) is 60.2 Å². The molecule has 2 N–H and O–H groups in total. The summed E-state index contributed by atoms with van der Waals surface area (Å²) in [5.74, 6) is 0.810. The topological polar surface area (TPSA) is 83.0 Å². The van der Waals surface area contributed by atoms with E-state index in [9.17, 15) is 10.2 Å². The molecule has 6 heteroatoms. The Morgan fingerprint density at radius 3 is 2.43 bits per heavy atom. The molecule has 6 nitrogen and oxygen atoms in total. The molecule has 2 aromatic heterocycles. The lowest BCUT2D eigenvalue weighted by Gasteiger charge is -2.13. The molecule has 0 saturated heterocycles. The Hall–Kier alpha value is -3.28. The lowest BCUT2D eigenvalue weighted by molar-refractivity contribution is -0.700. The van der Waals surface area contributed by atoms with Crippen molar-refractivity contribution in [2.75, 3.05) is 0 Å². The highest BCUT2D eigenvalue weighted by Crippen LogP contribution is 2.31. The fourth-order valence-corrected chi connectivity index (χ4v) is 3.59. The van der Waals surface area contributed by atoms with E-state index in [2.05, 4.69) is 36.0 Å². The van der Waals surface area contributed by atoms with Gasteiger partial charge in [-0.2, -0.15) is 10.2 Å². The van der Waals surface area contributed by atoms with Crippen molar-refractivity contribution in [2.45, 2.75) is 39.2 Å². The summed E-state index contributed by atoms with van der Waals surface area (Å²) in [6.07, 6.45) is 5.45. The number of fused-ring (bicyclic) bond motifs is 2. The molecule has 4 rings (SSSR count). The fourth-order valence-electron chi connectivity index (χ4n) is 3.59. The molecule has 0 aliphatic rings. The van der Waals surface area contributed by atoms with Gasteiger partial charge in [-0.25, -0.2) is 4.57 Å². The van der Waals surface area contributed by atoms with Crippen molar-refractivity contribution in [2.24, 2.45) is 0 Å². The smallest absolute Gasteiger partial charge is 0.286 e. The van der Waals surface area contributed by atoms with Gasteiger partial charge in [0, 0.05) is 29.0 Å². The van der Waals surface area contributed by atoms with Gasteiger partial charge < -0.3 is 10.2 Å². The van der Waals surface area contributed by atoms with E-state index in [0.29, 0.717) is 12.1 Å². The highest BCUT2D eigenvalue weighted by molar-refractivity contribution is 5.81. The van der Waals surface area contributed by atoms with Gasteiger partial charge in [0.05, 0.1) is 23.6 Å². The number of rotatable bonds is 4. The van der Waals surface area contributed by atoms with Crippen LogP contribution in [0.2, 0.25) is 0 Å². The first-order chi connectivity index (χ1) is 13.4. The molecule has 0 aliphatic carbocycles. The summed E-state index contributed by atoms with van der Waals surface area (Å²) < 4.78 is 2.02. The number of hydrogen-bond acceptors (Lipinski definition) is 5. The Labute approximate surface area is 163 Å². The SMILES string of the molecule is CC(C)c1cc2c[n+](CC(C)c3cc4ccnnc4cc3O)cnc2cc1O. The third kappa shape index (κ3) is 3.33. The number of phenols is 2. The number of aromatic hydroxyl groups is 2. The average Bonchev–Trinajstić information content (AvgIpc) is 2.66. The van der Waals surface area contributed by atoms with Gasteiger partial charge >= 0.3 is 0 Å². The maximum absolute atomic E-state index is 10.4. The molecule has 142 valence electrons. The first-order valence-electron chi connectivity index (χ1n) is 9.38. The quantitative estimate of drug-likeness (QED) is 0.530. The van der Waals surface area contributed by atoms with Gasteiger partial charge in [-0.1, -0.05) is 20.8 Å². The minimum Gasteiger partial charge on any atom is -0.508 e. The summed E-state index contributed by atoms with van der Waals surface area (Å²) in [5, 5.41) is 30.4. The van der Waals surface area contributed by atoms with E-state index in [1.54, 1.807) is 24.7 Å². The Morgan fingerprint density at radius 2 is 1.64 bits per heavy atom. The molecule has 0 bridgehead atoms. The van der Waals surface area contributed by atoms with Crippen LogP contribution in [0.5, 0.6) is 11.5 Å². The third-order valence-corrected chi connectivity index (χ3v) is 5.13. The molecule has 2 aromatic carbocycles.